The maximum absolute atomic E-state index is 12.8. The third-order valence-corrected chi connectivity index (χ3v) is 5.05. The highest BCUT2D eigenvalue weighted by Crippen LogP contribution is 2.34. The Morgan fingerprint density at radius 3 is 2.21 bits per heavy atom. The fourth-order valence-corrected chi connectivity index (χ4v) is 3.44. The van der Waals surface area contributed by atoms with Crippen molar-refractivity contribution in [1.29, 1.82) is 0 Å². The second kappa shape index (κ2) is 7.99. The van der Waals surface area contributed by atoms with Crippen molar-refractivity contribution in [3.05, 3.63) is 72.2 Å². The maximum Gasteiger partial charge on any atom is 0.295 e. The Bertz CT molecular complexity index is 961. The second-order valence-electron chi connectivity index (χ2n) is 6.10. The van der Waals surface area contributed by atoms with E-state index in [4.69, 9.17) is 23.2 Å². The summed E-state index contributed by atoms with van der Waals surface area (Å²) in [5.41, 5.74) is -0.559. The minimum Gasteiger partial charge on any atom is -0.368 e. The highest BCUT2D eigenvalue weighted by Gasteiger charge is 2.30. The molecule has 0 spiro atoms. The van der Waals surface area contributed by atoms with Crippen molar-refractivity contribution in [3.63, 3.8) is 0 Å². The van der Waals surface area contributed by atoms with Gasteiger partial charge in [-0.25, -0.2) is 0 Å². The van der Waals surface area contributed by atoms with E-state index < -0.39 is 32.2 Å². The predicted molar refractivity (Wildman–Crippen MR) is 104 cm³/mol. The number of benzene rings is 2. The summed E-state index contributed by atoms with van der Waals surface area (Å²) in [5.74, 6) is -0.581. The molecule has 28 heavy (non-hydrogen) atoms. The van der Waals surface area contributed by atoms with E-state index >= 15 is 0 Å². The van der Waals surface area contributed by atoms with E-state index in [0.29, 0.717) is 31.2 Å². The van der Waals surface area contributed by atoms with Crippen LogP contribution in [-0.2, 0) is 0 Å². The molecule has 146 valence electrons. The molecule has 1 amide bonds. The standard InChI is InChI=1S/C17H14Cl2N4O5/c18-11-2-1-3-12(8-11)20-4-6-21(7-5-20)17(24)14-9-13(22(25)26)10-15(16(14)19)23(27)28/h1-3,8-10H,4-7H2. The molecule has 11 heteroatoms. The Morgan fingerprint density at radius 1 is 0.964 bits per heavy atom. The van der Waals surface area contributed by atoms with Crippen LogP contribution in [0.1, 0.15) is 10.4 Å². The summed E-state index contributed by atoms with van der Waals surface area (Å²) < 4.78 is 0. The molecule has 2 aromatic carbocycles. The van der Waals surface area contributed by atoms with E-state index in [1.165, 1.54) is 4.90 Å². The lowest BCUT2D eigenvalue weighted by Crippen LogP contribution is -2.48. The first-order valence-corrected chi connectivity index (χ1v) is 8.95. The second-order valence-corrected chi connectivity index (χ2v) is 6.91. The van der Waals surface area contributed by atoms with Crippen molar-refractivity contribution in [3.8, 4) is 0 Å². The van der Waals surface area contributed by atoms with Crippen LogP contribution >= 0.6 is 23.2 Å². The van der Waals surface area contributed by atoms with Gasteiger partial charge in [0.1, 0.15) is 5.02 Å². The van der Waals surface area contributed by atoms with Crippen LogP contribution in [0.3, 0.4) is 0 Å². The Hall–Kier alpha value is -2.91. The molecule has 2 aromatic rings. The van der Waals surface area contributed by atoms with Crippen LogP contribution in [0.5, 0.6) is 0 Å². The summed E-state index contributed by atoms with van der Waals surface area (Å²) in [5, 5.41) is 22.4. The molecule has 0 saturated carbocycles. The van der Waals surface area contributed by atoms with Gasteiger partial charge in [-0.05, 0) is 18.2 Å². The number of hydrogen-bond donors (Lipinski definition) is 0. The number of halogens is 2. The average molecular weight is 425 g/mol. The normalized spacial score (nSPS) is 14.1. The van der Waals surface area contributed by atoms with Crippen LogP contribution in [0.25, 0.3) is 0 Å². The zero-order valence-corrected chi connectivity index (χ0v) is 15.9. The molecule has 0 bridgehead atoms. The fourth-order valence-electron chi connectivity index (χ4n) is 3.00. The van der Waals surface area contributed by atoms with E-state index in [9.17, 15) is 25.0 Å². The topological polar surface area (TPSA) is 110 Å². The highest BCUT2D eigenvalue weighted by molar-refractivity contribution is 6.36. The van der Waals surface area contributed by atoms with Gasteiger partial charge in [-0.1, -0.05) is 29.3 Å². The zero-order chi connectivity index (χ0) is 20.4. The van der Waals surface area contributed by atoms with Crippen molar-refractivity contribution in [2.45, 2.75) is 0 Å². The Morgan fingerprint density at radius 2 is 1.64 bits per heavy atom. The number of carbonyl (C=O) groups excluding carboxylic acids is 1. The lowest BCUT2D eigenvalue weighted by Gasteiger charge is -2.36. The summed E-state index contributed by atoms with van der Waals surface area (Å²) in [6, 6.07) is 9.04. The summed E-state index contributed by atoms with van der Waals surface area (Å²) in [4.78, 5) is 36.9. The lowest BCUT2D eigenvalue weighted by atomic mass is 10.1. The van der Waals surface area contributed by atoms with Crippen LogP contribution in [0.4, 0.5) is 17.1 Å². The minimum atomic E-state index is -0.844. The Labute approximate surface area is 169 Å². The van der Waals surface area contributed by atoms with Gasteiger partial charge < -0.3 is 9.80 Å². The van der Waals surface area contributed by atoms with Crippen LogP contribution in [0, 0.1) is 20.2 Å². The third-order valence-electron chi connectivity index (χ3n) is 4.42. The first-order valence-electron chi connectivity index (χ1n) is 8.20. The third kappa shape index (κ3) is 4.00. The van der Waals surface area contributed by atoms with Gasteiger partial charge >= 0.3 is 0 Å². The number of anilines is 1. The molecule has 1 fully saturated rings. The van der Waals surface area contributed by atoms with Crippen LogP contribution in [0.2, 0.25) is 10.0 Å². The molecule has 0 atom stereocenters. The number of nitro groups is 2. The molecule has 1 aliphatic heterocycles. The number of amides is 1. The first kappa shape index (κ1) is 19.8. The highest BCUT2D eigenvalue weighted by atomic mass is 35.5. The number of piperazine rings is 1. The largest absolute Gasteiger partial charge is 0.368 e. The van der Waals surface area contributed by atoms with Crippen LogP contribution < -0.4 is 4.90 Å². The van der Waals surface area contributed by atoms with E-state index in [-0.39, 0.29) is 5.56 Å². The van der Waals surface area contributed by atoms with Gasteiger partial charge in [-0.3, -0.25) is 25.0 Å². The fraction of sp³-hybridized carbons (Fsp3) is 0.235. The molecule has 0 unspecified atom stereocenters. The van der Waals surface area contributed by atoms with Gasteiger partial charge in [0.2, 0.25) is 0 Å². The van der Waals surface area contributed by atoms with Gasteiger partial charge in [0, 0.05) is 43.0 Å². The van der Waals surface area contributed by atoms with E-state index in [1.807, 2.05) is 23.1 Å². The van der Waals surface area contributed by atoms with Crippen molar-refractivity contribution in [1.82, 2.24) is 4.90 Å². The molecule has 1 saturated heterocycles. The number of nitro benzene ring substituents is 2. The summed E-state index contributed by atoms with van der Waals surface area (Å²) in [6.07, 6.45) is 0. The van der Waals surface area contributed by atoms with Crippen LogP contribution in [0.15, 0.2) is 36.4 Å². The van der Waals surface area contributed by atoms with Gasteiger partial charge in [-0.2, -0.15) is 0 Å². The first-order chi connectivity index (χ1) is 13.3. The molecule has 3 rings (SSSR count). The molecular weight excluding hydrogens is 411 g/mol. The molecule has 0 aliphatic carbocycles. The summed E-state index contributed by atoms with van der Waals surface area (Å²) in [7, 11) is 0. The molecule has 1 aliphatic rings. The monoisotopic (exact) mass is 424 g/mol. The number of rotatable bonds is 4. The van der Waals surface area contributed by atoms with Crippen molar-refractivity contribution in [2.24, 2.45) is 0 Å². The predicted octanol–water partition coefficient (Wildman–Crippen LogP) is 3.77. The molecular formula is C17H14Cl2N4O5. The number of carbonyl (C=O) groups is 1. The van der Waals surface area contributed by atoms with E-state index in [1.54, 1.807) is 6.07 Å². The van der Waals surface area contributed by atoms with Gasteiger partial charge in [0.15, 0.2) is 0 Å². The molecule has 0 radical (unpaired) electrons. The summed E-state index contributed by atoms with van der Waals surface area (Å²) in [6.45, 7) is 1.69. The number of nitrogens with zero attached hydrogens (tertiary/aromatic N) is 4. The van der Waals surface area contributed by atoms with Gasteiger partial charge in [0.25, 0.3) is 17.3 Å². The Kier molecular flexibility index (Phi) is 5.66. The smallest absolute Gasteiger partial charge is 0.295 e. The molecule has 9 nitrogen and oxygen atoms in total. The lowest BCUT2D eigenvalue weighted by molar-refractivity contribution is -0.394. The quantitative estimate of drug-likeness (QED) is 0.545. The van der Waals surface area contributed by atoms with Crippen molar-refractivity contribution in [2.75, 3.05) is 31.1 Å². The minimum absolute atomic E-state index is 0.251. The molecule has 1 heterocycles. The van der Waals surface area contributed by atoms with Gasteiger partial charge in [0.05, 0.1) is 21.5 Å². The van der Waals surface area contributed by atoms with Crippen molar-refractivity contribution >= 4 is 46.2 Å². The summed E-state index contributed by atoms with van der Waals surface area (Å²) >= 11 is 12.0. The SMILES string of the molecule is O=C(c1cc([N+](=O)[O-])cc([N+](=O)[O-])c1Cl)N1CCN(c2cccc(Cl)c2)CC1. The van der Waals surface area contributed by atoms with Gasteiger partial charge in [-0.15, -0.1) is 0 Å². The maximum atomic E-state index is 12.8. The van der Waals surface area contributed by atoms with Crippen LogP contribution in [-0.4, -0.2) is 46.8 Å². The zero-order valence-electron chi connectivity index (χ0n) is 14.4. The molecule has 0 aromatic heterocycles. The average Bonchev–Trinajstić information content (AvgIpc) is 2.67. The van der Waals surface area contributed by atoms with E-state index in [2.05, 4.69) is 0 Å². The Balaban J connectivity index is 1.82. The number of hydrogen-bond acceptors (Lipinski definition) is 6. The van der Waals surface area contributed by atoms with E-state index in [0.717, 1.165) is 17.8 Å². The van der Waals surface area contributed by atoms with Crippen molar-refractivity contribution < 1.29 is 14.6 Å². The number of non-ortho nitro benzene ring substituents is 1. The molecule has 0 N–H and O–H groups in total.